The summed E-state index contributed by atoms with van der Waals surface area (Å²) in [5, 5.41) is 2.82. The summed E-state index contributed by atoms with van der Waals surface area (Å²) in [5.74, 6) is 0.0976. The summed E-state index contributed by atoms with van der Waals surface area (Å²) in [6.07, 6.45) is 0.329. The third-order valence-corrected chi connectivity index (χ3v) is 4.58. The number of ketones is 1. The van der Waals surface area contributed by atoms with Crippen molar-refractivity contribution in [3.05, 3.63) is 29.8 Å². The molecular formula is C20H29N3O3. The zero-order chi connectivity index (χ0) is 19.3. The van der Waals surface area contributed by atoms with Crippen LogP contribution < -0.4 is 10.2 Å². The molecule has 0 aliphatic carbocycles. The van der Waals surface area contributed by atoms with Crippen molar-refractivity contribution in [1.82, 2.24) is 10.2 Å². The molecule has 1 N–H and O–H groups in total. The molecule has 26 heavy (non-hydrogen) atoms. The van der Waals surface area contributed by atoms with Crippen molar-refractivity contribution >= 4 is 23.3 Å². The predicted octanol–water partition coefficient (Wildman–Crippen LogP) is 2.09. The second kappa shape index (κ2) is 8.34. The van der Waals surface area contributed by atoms with E-state index in [1.165, 1.54) is 0 Å². The number of Topliss-reactive ketones (excluding diaryl/α,β-unsaturated/α-hetero) is 1. The maximum absolute atomic E-state index is 12.3. The largest absolute Gasteiger partial charge is 0.368 e. The molecule has 0 aromatic heterocycles. The molecular weight excluding hydrogens is 330 g/mol. The number of amides is 2. The van der Waals surface area contributed by atoms with E-state index in [-0.39, 0.29) is 17.6 Å². The fourth-order valence-corrected chi connectivity index (χ4v) is 2.83. The molecule has 0 unspecified atom stereocenters. The molecule has 2 rings (SSSR count). The third-order valence-electron chi connectivity index (χ3n) is 4.58. The van der Waals surface area contributed by atoms with Crippen LogP contribution in [0.15, 0.2) is 24.3 Å². The summed E-state index contributed by atoms with van der Waals surface area (Å²) in [7, 11) is 0. The van der Waals surface area contributed by atoms with Gasteiger partial charge in [-0.2, -0.15) is 0 Å². The van der Waals surface area contributed by atoms with Gasteiger partial charge in [0.05, 0.1) is 0 Å². The molecule has 142 valence electrons. The zero-order valence-electron chi connectivity index (χ0n) is 16.2. The van der Waals surface area contributed by atoms with Crippen LogP contribution in [0.1, 0.15) is 44.5 Å². The van der Waals surface area contributed by atoms with Crippen LogP contribution in [-0.4, -0.2) is 55.2 Å². The first kappa shape index (κ1) is 19.9. The average molecular weight is 359 g/mol. The van der Waals surface area contributed by atoms with Gasteiger partial charge in [0.1, 0.15) is 0 Å². The fourth-order valence-electron chi connectivity index (χ4n) is 2.83. The molecule has 0 spiro atoms. The number of rotatable bonds is 5. The molecule has 0 radical (unpaired) electrons. The minimum absolute atomic E-state index is 0.0378. The summed E-state index contributed by atoms with van der Waals surface area (Å²) < 4.78 is 0. The van der Waals surface area contributed by atoms with Gasteiger partial charge in [0.2, 0.25) is 11.8 Å². The molecule has 1 saturated heterocycles. The van der Waals surface area contributed by atoms with Gasteiger partial charge in [-0.15, -0.1) is 0 Å². The Labute approximate surface area is 155 Å². The lowest BCUT2D eigenvalue weighted by Gasteiger charge is -2.36. The second-order valence-electron chi connectivity index (χ2n) is 7.73. The summed E-state index contributed by atoms with van der Waals surface area (Å²) in [5.41, 5.74) is 1.34. The van der Waals surface area contributed by atoms with E-state index in [2.05, 4.69) is 10.2 Å². The van der Waals surface area contributed by atoms with Crippen LogP contribution in [0.3, 0.4) is 0 Å². The van der Waals surface area contributed by atoms with Crippen molar-refractivity contribution in [2.75, 3.05) is 37.6 Å². The van der Waals surface area contributed by atoms with Gasteiger partial charge in [-0.05, 0) is 31.2 Å². The van der Waals surface area contributed by atoms with Crippen molar-refractivity contribution in [2.24, 2.45) is 5.41 Å². The van der Waals surface area contributed by atoms with Crippen molar-refractivity contribution in [2.45, 2.75) is 34.1 Å². The molecule has 0 atom stereocenters. The molecule has 0 bridgehead atoms. The highest BCUT2D eigenvalue weighted by molar-refractivity contribution is 5.94. The summed E-state index contributed by atoms with van der Waals surface area (Å²) in [4.78, 5) is 39.6. The van der Waals surface area contributed by atoms with E-state index < -0.39 is 5.41 Å². The molecule has 2 amide bonds. The number of benzene rings is 1. The van der Waals surface area contributed by atoms with Gasteiger partial charge in [-0.3, -0.25) is 14.4 Å². The Bertz CT molecular complexity index is 654. The highest BCUT2D eigenvalue weighted by atomic mass is 16.2. The Morgan fingerprint density at radius 1 is 1.00 bits per heavy atom. The molecule has 0 saturated carbocycles. The molecule has 6 heteroatoms. The molecule has 1 aromatic carbocycles. The van der Waals surface area contributed by atoms with Crippen molar-refractivity contribution in [1.29, 1.82) is 0 Å². The Balaban J connectivity index is 1.77. The van der Waals surface area contributed by atoms with Crippen LogP contribution in [0.25, 0.3) is 0 Å². The predicted molar refractivity (Wildman–Crippen MR) is 102 cm³/mol. The fraction of sp³-hybridized carbons (Fsp3) is 0.550. The smallest absolute Gasteiger partial charge is 0.225 e. The SMILES string of the molecule is CC(=O)c1ccc(N2CCN(C(=O)CCNC(=O)C(C)(C)C)CC2)cc1. The Kier molecular flexibility index (Phi) is 6.40. The van der Waals surface area contributed by atoms with E-state index in [4.69, 9.17) is 0 Å². The van der Waals surface area contributed by atoms with E-state index in [1.807, 2.05) is 49.9 Å². The number of carbonyl (C=O) groups is 3. The molecule has 1 heterocycles. The average Bonchev–Trinajstić information content (AvgIpc) is 2.61. The number of hydrogen-bond donors (Lipinski definition) is 1. The molecule has 1 aromatic rings. The van der Waals surface area contributed by atoms with Crippen LogP contribution in [0, 0.1) is 5.41 Å². The lowest BCUT2D eigenvalue weighted by atomic mass is 9.96. The standard InChI is InChI=1S/C20H29N3O3/c1-15(24)16-5-7-17(8-6-16)22-11-13-23(14-12-22)18(25)9-10-21-19(26)20(2,3)4/h5-8H,9-14H2,1-4H3,(H,21,26). The van der Waals surface area contributed by atoms with E-state index in [1.54, 1.807) is 6.92 Å². The van der Waals surface area contributed by atoms with Gasteiger partial charge in [0.15, 0.2) is 5.78 Å². The number of anilines is 1. The maximum Gasteiger partial charge on any atom is 0.225 e. The summed E-state index contributed by atoms with van der Waals surface area (Å²) in [6, 6.07) is 7.59. The van der Waals surface area contributed by atoms with Crippen LogP contribution >= 0.6 is 0 Å². The lowest BCUT2D eigenvalue weighted by Crippen LogP contribution is -2.49. The van der Waals surface area contributed by atoms with Gasteiger partial charge in [0.25, 0.3) is 0 Å². The topological polar surface area (TPSA) is 69.7 Å². The first-order valence-corrected chi connectivity index (χ1v) is 9.10. The van der Waals surface area contributed by atoms with Gasteiger partial charge in [0, 0.05) is 55.8 Å². The monoisotopic (exact) mass is 359 g/mol. The van der Waals surface area contributed by atoms with Gasteiger partial charge >= 0.3 is 0 Å². The van der Waals surface area contributed by atoms with Crippen molar-refractivity contribution in [3.63, 3.8) is 0 Å². The highest BCUT2D eigenvalue weighted by Crippen LogP contribution is 2.18. The first-order valence-electron chi connectivity index (χ1n) is 9.10. The quantitative estimate of drug-likeness (QED) is 0.818. The molecule has 6 nitrogen and oxygen atoms in total. The van der Waals surface area contributed by atoms with Gasteiger partial charge in [-0.25, -0.2) is 0 Å². The van der Waals surface area contributed by atoms with Crippen molar-refractivity contribution in [3.8, 4) is 0 Å². The minimum Gasteiger partial charge on any atom is -0.368 e. The summed E-state index contributed by atoms with van der Waals surface area (Å²) in [6.45, 7) is 10.4. The van der Waals surface area contributed by atoms with Crippen LogP contribution in [0.4, 0.5) is 5.69 Å². The van der Waals surface area contributed by atoms with Crippen LogP contribution in [-0.2, 0) is 9.59 Å². The Morgan fingerprint density at radius 3 is 2.08 bits per heavy atom. The number of piperazine rings is 1. The van der Waals surface area contributed by atoms with E-state index >= 15 is 0 Å². The van der Waals surface area contributed by atoms with E-state index in [0.29, 0.717) is 31.6 Å². The molecule has 1 aliphatic heterocycles. The molecule has 1 aliphatic rings. The van der Waals surface area contributed by atoms with E-state index in [0.717, 1.165) is 18.8 Å². The maximum atomic E-state index is 12.3. The third kappa shape index (κ3) is 5.31. The van der Waals surface area contributed by atoms with Gasteiger partial charge in [-0.1, -0.05) is 20.8 Å². The highest BCUT2D eigenvalue weighted by Gasteiger charge is 2.23. The normalized spacial score (nSPS) is 14.9. The van der Waals surface area contributed by atoms with Crippen molar-refractivity contribution < 1.29 is 14.4 Å². The first-order chi connectivity index (χ1) is 12.2. The number of nitrogens with zero attached hydrogens (tertiary/aromatic N) is 2. The Hall–Kier alpha value is -2.37. The number of nitrogens with one attached hydrogen (secondary N) is 1. The van der Waals surface area contributed by atoms with Crippen LogP contribution in [0.5, 0.6) is 0 Å². The second-order valence-corrected chi connectivity index (χ2v) is 7.73. The summed E-state index contributed by atoms with van der Waals surface area (Å²) >= 11 is 0. The van der Waals surface area contributed by atoms with E-state index in [9.17, 15) is 14.4 Å². The lowest BCUT2D eigenvalue weighted by molar-refractivity contribution is -0.132. The van der Waals surface area contributed by atoms with Gasteiger partial charge < -0.3 is 15.1 Å². The minimum atomic E-state index is -0.438. The Morgan fingerprint density at radius 2 is 1.58 bits per heavy atom. The zero-order valence-corrected chi connectivity index (χ0v) is 16.2. The number of carbonyl (C=O) groups excluding carboxylic acids is 3. The molecule has 1 fully saturated rings. The number of hydrogen-bond acceptors (Lipinski definition) is 4. The van der Waals surface area contributed by atoms with Crippen LogP contribution in [0.2, 0.25) is 0 Å².